The Morgan fingerprint density at radius 3 is 0.886 bits per heavy atom. The molecule has 35 heavy (non-hydrogen) atoms. The molecule has 219 valence electrons. The number of fused-ring (bicyclic) bond motifs is 3. The van der Waals surface area contributed by atoms with Gasteiger partial charge in [0.25, 0.3) is 0 Å². The van der Waals surface area contributed by atoms with E-state index in [1.54, 1.807) is 0 Å². The smallest absolute Gasteiger partial charge is 2.00 e. The van der Waals surface area contributed by atoms with Crippen molar-refractivity contribution in [1.82, 2.24) is 19.6 Å². The Hall–Kier alpha value is 0.379. The van der Waals surface area contributed by atoms with Crippen molar-refractivity contribution in [3.05, 3.63) is 0 Å². The summed E-state index contributed by atoms with van der Waals surface area (Å²) >= 11 is 0. The number of likely N-dealkylation sites (N-methyl/N-ethyl adjacent to an activating group) is 2. The van der Waals surface area contributed by atoms with E-state index in [2.05, 4.69) is 33.4 Å². The first-order valence-electron chi connectivity index (χ1n) is 10.7. The van der Waals surface area contributed by atoms with Crippen molar-refractivity contribution in [3.8, 4) is 0 Å². The Morgan fingerprint density at radius 2 is 0.657 bits per heavy atom. The van der Waals surface area contributed by atoms with Crippen LogP contribution in [0.2, 0.25) is 0 Å². The van der Waals surface area contributed by atoms with Crippen LogP contribution >= 0.6 is 15.6 Å². The third-order valence-corrected chi connectivity index (χ3v) is 4.99. The van der Waals surface area contributed by atoms with Gasteiger partial charge in [-0.2, -0.15) is 0 Å². The predicted molar refractivity (Wildman–Crippen MR) is 113 cm³/mol. The zero-order valence-corrected chi connectivity index (χ0v) is 22.5. The number of nitrogens with zero attached hydrogens (tertiary/aromatic N) is 4. The van der Waals surface area contributed by atoms with Gasteiger partial charge >= 0.3 is 83.0 Å². The fourth-order valence-electron chi connectivity index (χ4n) is 3.41. The Kier molecular flexibility index (Phi) is 12.9. The van der Waals surface area contributed by atoms with Gasteiger partial charge in [0.15, 0.2) is 0 Å². The minimum absolute atomic E-state index is 0. The average Bonchev–Trinajstić information content (AvgIpc) is 2.58. The molecule has 0 aromatic rings. The maximum atomic E-state index is 9.87. The van der Waals surface area contributed by atoms with Crippen molar-refractivity contribution < 1.29 is 67.4 Å². The maximum Gasteiger partial charge on any atom is 2.00 e. The zero-order valence-electron chi connectivity index (χ0n) is 19.5. The van der Waals surface area contributed by atoms with Crippen LogP contribution in [0.15, 0.2) is 0 Å². The van der Waals surface area contributed by atoms with Gasteiger partial charge < -0.3 is 19.6 Å². The maximum absolute atomic E-state index is 10.7. The molecule has 4 nitrogen and oxygen atoms in total. The molecule has 2 heterocycles. The van der Waals surface area contributed by atoms with E-state index in [0.29, 0.717) is 0 Å². The molecule has 2 rings (SSSR count). The summed E-state index contributed by atoms with van der Waals surface area (Å²) in [5, 5.41) is 0. The van der Waals surface area contributed by atoms with E-state index < -0.39 is 15.6 Å². The monoisotopic (exact) mass is 627 g/mol. The molecule has 19 heteroatoms. The molecular weight excluding hydrogens is 593 g/mol. The molecule has 2 bridgehead atoms. The third kappa shape index (κ3) is 36.6. The molecule has 0 spiro atoms. The van der Waals surface area contributed by atoms with Crippen LogP contribution in [-0.4, -0.2) is 98.1 Å². The number of hydrogen-bond acceptors (Lipinski definition) is 4. The summed E-state index contributed by atoms with van der Waals surface area (Å²) in [7, 11) is -21.3. The number of rotatable bonds is 2. The summed E-state index contributed by atoms with van der Waals surface area (Å²) in [6, 6.07) is 0. The normalized spacial score (nSPS) is 27.6. The molecule has 2 aliphatic heterocycles. The second-order valence-corrected chi connectivity index (χ2v) is 12.0. The van der Waals surface area contributed by atoms with Crippen LogP contribution in [0.3, 0.4) is 0 Å². The molecular formula is C16H34F12MnN4P2. The first kappa shape index (κ1) is 37.5. The first-order valence-corrected chi connectivity index (χ1v) is 14.8. The van der Waals surface area contributed by atoms with Gasteiger partial charge in [-0.25, -0.2) is 0 Å². The molecule has 2 fully saturated rings. The van der Waals surface area contributed by atoms with E-state index in [-0.39, 0.29) is 17.1 Å². The quantitative estimate of drug-likeness (QED) is 0.176. The van der Waals surface area contributed by atoms with Gasteiger partial charge in [0.2, 0.25) is 0 Å². The van der Waals surface area contributed by atoms with E-state index in [1.807, 2.05) is 0 Å². The molecule has 0 aromatic carbocycles. The molecule has 1 radical (unpaired) electrons. The van der Waals surface area contributed by atoms with Crippen molar-refractivity contribution in [2.45, 2.75) is 26.7 Å². The Morgan fingerprint density at radius 1 is 0.429 bits per heavy atom. The van der Waals surface area contributed by atoms with E-state index in [1.165, 1.54) is 91.4 Å². The minimum Gasteiger partial charge on any atom is 2.00 e. The zero-order chi connectivity index (χ0) is 27.0. The molecule has 0 aromatic heterocycles. The van der Waals surface area contributed by atoms with Gasteiger partial charge in [-0.05, 0) is 52.1 Å². The molecule has 0 N–H and O–H groups in total. The number of halogens is 12. The van der Waals surface area contributed by atoms with Crippen LogP contribution in [0.4, 0.5) is 50.4 Å². The summed E-state index contributed by atoms with van der Waals surface area (Å²) in [4.78, 5) is 10.6. The van der Waals surface area contributed by atoms with Crippen molar-refractivity contribution in [1.29, 1.82) is 0 Å². The summed E-state index contributed by atoms with van der Waals surface area (Å²) in [6.45, 7) is 19.7. The Balaban J connectivity index is 0. The van der Waals surface area contributed by atoms with Crippen LogP contribution < -0.4 is 0 Å². The summed E-state index contributed by atoms with van der Waals surface area (Å²) < 4.78 is 118. The second kappa shape index (κ2) is 12.1. The van der Waals surface area contributed by atoms with E-state index in [4.69, 9.17) is 0 Å². The minimum atomic E-state index is -10.7. The standard InChI is InChI=1S/C16H34N4.2F6P.Mn/c1-3-17-7-5-9-20-14-12-18(4-2)8-6-10-19(13-11-17)15-16-20;2*1-7(2,3,4,5)6;/h3-16H2,1-2H3;;;/q;2*-1;+2. The van der Waals surface area contributed by atoms with Crippen molar-refractivity contribution in [2.24, 2.45) is 0 Å². The molecule has 2 aliphatic rings. The van der Waals surface area contributed by atoms with Crippen LogP contribution in [0, 0.1) is 0 Å². The van der Waals surface area contributed by atoms with Crippen LogP contribution in [0.5, 0.6) is 0 Å². The topological polar surface area (TPSA) is 13.0 Å². The summed E-state index contributed by atoms with van der Waals surface area (Å²) in [5.41, 5.74) is 0. The van der Waals surface area contributed by atoms with Gasteiger partial charge in [0, 0.05) is 39.3 Å². The van der Waals surface area contributed by atoms with Crippen LogP contribution in [0.1, 0.15) is 26.7 Å². The van der Waals surface area contributed by atoms with Crippen LogP contribution in [0.25, 0.3) is 0 Å². The molecule has 0 aliphatic carbocycles. The summed E-state index contributed by atoms with van der Waals surface area (Å²) in [6.07, 6.45) is 2.67. The summed E-state index contributed by atoms with van der Waals surface area (Å²) in [5.74, 6) is 0. The molecule has 2 saturated heterocycles. The van der Waals surface area contributed by atoms with Gasteiger partial charge in [0.05, 0.1) is 0 Å². The van der Waals surface area contributed by atoms with Gasteiger partial charge in [-0.3, -0.25) is 0 Å². The Bertz CT molecular complexity index is 536. The van der Waals surface area contributed by atoms with Crippen molar-refractivity contribution in [3.63, 3.8) is 0 Å². The van der Waals surface area contributed by atoms with Gasteiger partial charge in [-0.1, -0.05) is 13.8 Å². The predicted octanol–water partition coefficient (Wildman–Crippen LogP) is 7.80. The fourth-order valence-corrected chi connectivity index (χ4v) is 3.41. The van der Waals surface area contributed by atoms with Gasteiger partial charge in [0.1, 0.15) is 0 Å². The third-order valence-electron chi connectivity index (χ3n) is 4.99. The van der Waals surface area contributed by atoms with E-state index >= 15 is 0 Å². The largest absolute Gasteiger partial charge is 2.00 e. The molecule has 0 saturated carbocycles. The second-order valence-electron chi connectivity index (χ2n) is 8.18. The van der Waals surface area contributed by atoms with Crippen molar-refractivity contribution >= 4 is 15.6 Å². The average molecular weight is 627 g/mol. The van der Waals surface area contributed by atoms with Crippen LogP contribution in [-0.2, 0) is 17.1 Å². The molecule has 0 amide bonds. The van der Waals surface area contributed by atoms with Crippen molar-refractivity contribution in [2.75, 3.05) is 78.5 Å². The van der Waals surface area contributed by atoms with E-state index in [9.17, 15) is 50.4 Å². The fraction of sp³-hybridized carbons (Fsp3) is 1.00. The van der Waals surface area contributed by atoms with E-state index in [0.717, 1.165) is 0 Å². The van der Waals surface area contributed by atoms with Gasteiger partial charge in [-0.15, -0.1) is 0 Å². The molecule has 2 atom stereocenters. The molecule has 2 unspecified atom stereocenters. The number of hydrogen-bond donors (Lipinski definition) is 0. The SMILES string of the molecule is CCN1CCCN2CCN(CC)CCCN(CC1)CC2.F[P-](F)(F)(F)(F)F.F[P-](F)(F)(F)(F)F.[Mn+2]. The first-order chi connectivity index (χ1) is 14.7. The Labute approximate surface area is 208 Å².